The zero-order chi connectivity index (χ0) is 7.40. The molecule has 0 radical (unpaired) electrons. The fourth-order valence-corrected chi connectivity index (χ4v) is 0.709. The van der Waals surface area contributed by atoms with Gasteiger partial charge in [0.2, 0.25) is 0 Å². The van der Waals surface area contributed by atoms with Crippen molar-refractivity contribution in [3.05, 3.63) is 0 Å². The summed E-state index contributed by atoms with van der Waals surface area (Å²) in [6, 6.07) is 0. The predicted octanol–water partition coefficient (Wildman–Crippen LogP) is -0.849. The largest absolute Gasteiger partial charge is 0.450 e. The molecule has 1 rings (SSSR count). The Kier molecular flexibility index (Phi) is 2.65. The average Bonchev–Trinajstić information content (AvgIpc) is 2.67. The van der Waals surface area contributed by atoms with Crippen LogP contribution in [-0.2, 0) is 9.53 Å². The zero-order valence-corrected chi connectivity index (χ0v) is 5.88. The SMILES string of the molecule is NCOC(=O)CCN1CC1. The quantitative estimate of drug-likeness (QED) is 0.317. The summed E-state index contributed by atoms with van der Waals surface area (Å²) in [5, 5.41) is 0. The van der Waals surface area contributed by atoms with Crippen LogP contribution < -0.4 is 5.73 Å². The van der Waals surface area contributed by atoms with Gasteiger partial charge in [0.15, 0.2) is 0 Å². The van der Waals surface area contributed by atoms with E-state index in [1.54, 1.807) is 0 Å². The summed E-state index contributed by atoms with van der Waals surface area (Å²) in [5.41, 5.74) is 4.99. The fraction of sp³-hybridized carbons (Fsp3) is 0.833. The highest BCUT2D eigenvalue weighted by Crippen LogP contribution is 2.03. The molecule has 0 spiro atoms. The smallest absolute Gasteiger partial charge is 0.308 e. The normalized spacial score (nSPS) is 16.9. The Morgan fingerprint density at radius 1 is 1.60 bits per heavy atom. The molecule has 0 amide bonds. The molecule has 4 heteroatoms. The number of hydrogen-bond acceptors (Lipinski definition) is 4. The van der Waals surface area contributed by atoms with Crippen LogP contribution in [0.1, 0.15) is 6.42 Å². The molecule has 2 N–H and O–H groups in total. The Morgan fingerprint density at radius 2 is 2.30 bits per heavy atom. The predicted molar refractivity (Wildman–Crippen MR) is 36.2 cm³/mol. The van der Waals surface area contributed by atoms with E-state index >= 15 is 0 Å². The van der Waals surface area contributed by atoms with E-state index in [-0.39, 0.29) is 12.7 Å². The summed E-state index contributed by atoms with van der Waals surface area (Å²) in [7, 11) is 0. The summed E-state index contributed by atoms with van der Waals surface area (Å²) in [4.78, 5) is 12.8. The minimum atomic E-state index is -0.200. The second kappa shape index (κ2) is 3.53. The molecule has 1 fully saturated rings. The van der Waals surface area contributed by atoms with Crippen molar-refractivity contribution in [2.24, 2.45) is 5.73 Å². The molecule has 1 heterocycles. The van der Waals surface area contributed by atoms with Crippen LogP contribution in [0.15, 0.2) is 0 Å². The third-order valence-corrected chi connectivity index (χ3v) is 1.42. The molecule has 0 aromatic heterocycles. The Hall–Kier alpha value is -0.610. The third kappa shape index (κ3) is 2.80. The van der Waals surface area contributed by atoms with E-state index in [0.29, 0.717) is 6.42 Å². The minimum Gasteiger partial charge on any atom is -0.450 e. The van der Waals surface area contributed by atoms with E-state index in [1.807, 2.05) is 0 Å². The fourth-order valence-electron chi connectivity index (χ4n) is 0.709. The molecule has 4 nitrogen and oxygen atoms in total. The van der Waals surface area contributed by atoms with Crippen LogP contribution >= 0.6 is 0 Å². The van der Waals surface area contributed by atoms with Gasteiger partial charge in [0, 0.05) is 19.6 Å². The van der Waals surface area contributed by atoms with Crippen LogP contribution in [0.3, 0.4) is 0 Å². The van der Waals surface area contributed by atoms with Crippen molar-refractivity contribution >= 4 is 5.97 Å². The van der Waals surface area contributed by atoms with Crippen molar-refractivity contribution in [2.75, 3.05) is 26.4 Å². The molecule has 1 aliphatic rings. The first kappa shape index (κ1) is 7.50. The van der Waals surface area contributed by atoms with Gasteiger partial charge >= 0.3 is 5.97 Å². The van der Waals surface area contributed by atoms with Gasteiger partial charge in [0.1, 0.15) is 6.73 Å². The van der Waals surface area contributed by atoms with E-state index in [2.05, 4.69) is 9.64 Å². The van der Waals surface area contributed by atoms with Crippen molar-refractivity contribution in [1.29, 1.82) is 0 Å². The van der Waals surface area contributed by atoms with Crippen molar-refractivity contribution in [2.45, 2.75) is 6.42 Å². The highest BCUT2D eigenvalue weighted by Gasteiger charge is 2.17. The number of carbonyl (C=O) groups excluding carboxylic acids is 1. The number of nitrogens with two attached hydrogens (primary N) is 1. The highest BCUT2D eigenvalue weighted by molar-refractivity contribution is 5.69. The molecule has 0 aromatic rings. The van der Waals surface area contributed by atoms with Crippen molar-refractivity contribution in [3.8, 4) is 0 Å². The van der Waals surface area contributed by atoms with Crippen LogP contribution in [0.5, 0.6) is 0 Å². The van der Waals surface area contributed by atoms with Crippen LogP contribution in [0.25, 0.3) is 0 Å². The average molecular weight is 144 g/mol. The maximum atomic E-state index is 10.6. The molecular weight excluding hydrogens is 132 g/mol. The maximum Gasteiger partial charge on any atom is 0.308 e. The van der Waals surface area contributed by atoms with Crippen molar-refractivity contribution < 1.29 is 9.53 Å². The van der Waals surface area contributed by atoms with Gasteiger partial charge in [-0.1, -0.05) is 0 Å². The van der Waals surface area contributed by atoms with E-state index in [9.17, 15) is 4.79 Å². The molecule has 0 atom stereocenters. The maximum absolute atomic E-state index is 10.6. The summed E-state index contributed by atoms with van der Waals surface area (Å²) < 4.78 is 4.53. The standard InChI is InChI=1S/C6H12N2O2/c7-5-10-6(9)1-2-8-3-4-8/h1-5,7H2. The lowest BCUT2D eigenvalue weighted by atomic mass is 10.4. The Bertz CT molecular complexity index is 123. The summed E-state index contributed by atoms with van der Waals surface area (Å²) in [5.74, 6) is -0.200. The molecule has 10 heavy (non-hydrogen) atoms. The van der Waals surface area contributed by atoms with Crippen LogP contribution in [0.2, 0.25) is 0 Å². The lowest BCUT2D eigenvalue weighted by Gasteiger charge is -2.00. The van der Waals surface area contributed by atoms with Crippen LogP contribution in [-0.4, -0.2) is 37.2 Å². The second-order valence-electron chi connectivity index (χ2n) is 2.27. The van der Waals surface area contributed by atoms with Gasteiger partial charge in [-0.3, -0.25) is 10.5 Å². The van der Waals surface area contributed by atoms with Crippen LogP contribution in [0, 0.1) is 0 Å². The van der Waals surface area contributed by atoms with Crippen molar-refractivity contribution in [3.63, 3.8) is 0 Å². The molecule has 0 unspecified atom stereocenters. The molecule has 0 bridgehead atoms. The number of hydrogen-bond donors (Lipinski definition) is 1. The Morgan fingerprint density at radius 3 is 2.80 bits per heavy atom. The van der Waals surface area contributed by atoms with Gasteiger partial charge in [-0.15, -0.1) is 0 Å². The summed E-state index contributed by atoms with van der Waals surface area (Å²) in [6.07, 6.45) is 0.469. The van der Waals surface area contributed by atoms with E-state index < -0.39 is 0 Å². The Labute approximate surface area is 59.9 Å². The molecule has 0 aromatic carbocycles. The van der Waals surface area contributed by atoms with Gasteiger partial charge in [0.25, 0.3) is 0 Å². The van der Waals surface area contributed by atoms with E-state index in [4.69, 9.17) is 5.73 Å². The first-order valence-corrected chi connectivity index (χ1v) is 3.41. The zero-order valence-electron chi connectivity index (χ0n) is 5.88. The molecule has 0 saturated carbocycles. The lowest BCUT2D eigenvalue weighted by molar-refractivity contribution is -0.143. The lowest BCUT2D eigenvalue weighted by Crippen LogP contribution is -2.15. The number of carbonyl (C=O) groups is 1. The van der Waals surface area contributed by atoms with Gasteiger partial charge in [0.05, 0.1) is 6.42 Å². The highest BCUT2D eigenvalue weighted by atomic mass is 16.5. The monoisotopic (exact) mass is 144 g/mol. The van der Waals surface area contributed by atoms with Gasteiger partial charge < -0.3 is 9.64 Å². The molecular formula is C6H12N2O2. The number of rotatable bonds is 4. The Balaban J connectivity index is 1.94. The minimum absolute atomic E-state index is 0.00116. The summed E-state index contributed by atoms with van der Waals surface area (Å²) >= 11 is 0. The first-order chi connectivity index (χ1) is 4.83. The first-order valence-electron chi connectivity index (χ1n) is 3.41. The summed E-state index contributed by atoms with van der Waals surface area (Å²) in [6.45, 7) is 3.06. The van der Waals surface area contributed by atoms with Crippen molar-refractivity contribution in [1.82, 2.24) is 4.90 Å². The van der Waals surface area contributed by atoms with Gasteiger partial charge in [-0.05, 0) is 0 Å². The van der Waals surface area contributed by atoms with E-state index in [1.165, 1.54) is 0 Å². The van der Waals surface area contributed by atoms with Gasteiger partial charge in [-0.2, -0.15) is 0 Å². The molecule has 1 saturated heterocycles. The second-order valence-corrected chi connectivity index (χ2v) is 2.27. The number of ether oxygens (including phenoxy) is 1. The molecule has 58 valence electrons. The topological polar surface area (TPSA) is 55.3 Å². The van der Waals surface area contributed by atoms with Crippen LogP contribution in [0.4, 0.5) is 0 Å². The van der Waals surface area contributed by atoms with Gasteiger partial charge in [-0.25, -0.2) is 0 Å². The third-order valence-electron chi connectivity index (χ3n) is 1.42. The van der Waals surface area contributed by atoms with E-state index in [0.717, 1.165) is 19.6 Å². The number of esters is 1. The molecule has 1 aliphatic heterocycles. The number of nitrogens with zero attached hydrogens (tertiary/aromatic N) is 1. The molecule has 0 aliphatic carbocycles.